The van der Waals surface area contributed by atoms with Crippen LogP contribution in [0.4, 0.5) is 0 Å². The largest absolute Gasteiger partial charge is 0.421 e. The first-order chi connectivity index (χ1) is 5.77. The fourth-order valence-electron chi connectivity index (χ4n) is 0.725. The van der Waals surface area contributed by atoms with Crippen molar-refractivity contribution < 1.29 is 9.16 Å². The van der Waals surface area contributed by atoms with Crippen LogP contribution >= 0.6 is 23.2 Å². The Labute approximate surface area is 86.5 Å². The molecule has 0 aliphatic heterocycles. The van der Waals surface area contributed by atoms with Crippen LogP contribution in [0.3, 0.4) is 0 Å². The van der Waals surface area contributed by atoms with E-state index in [4.69, 9.17) is 32.4 Å². The minimum absolute atomic E-state index is 0.371. The molecular formula is C7H16Cl2O2Si. The van der Waals surface area contributed by atoms with Crippen molar-refractivity contribution in [3.05, 3.63) is 0 Å². The lowest BCUT2D eigenvalue weighted by Crippen LogP contribution is -2.07. The van der Waals surface area contributed by atoms with Gasteiger partial charge in [-0.05, 0) is 19.4 Å². The van der Waals surface area contributed by atoms with Crippen LogP contribution < -0.4 is 0 Å². The van der Waals surface area contributed by atoms with Crippen LogP contribution in [-0.4, -0.2) is 34.4 Å². The van der Waals surface area contributed by atoms with E-state index in [9.17, 15) is 0 Å². The highest BCUT2D eigenvalue weighted by molar-refractivity contribution is 6.44. The average molecular weight is 231 g/mol. The van der Waals surface area contributed by atoms with Gasteiger partial charge >= 0.3 is 0 Å². The average Bonchev–Trinajstić information content (AvgIpc) is 2.02. The second kappa shape index (κ2) is 9.80. The van der Waals surface area contributed by atoms with Gasteiger partial charge in [0.15, 0.2) is 9.76 Å². The summed E-state index contributed by atoms with van der Waals surface area (Å²) in [5.74, 6) is 0. The molecule has 5 heteroatoms. The Balaban J connectivity index is 2.82. The fraction of sp³-hybridized carbons (Fsp3) is 1.00. The third-order valence-electron chi connectivity index (χ3n) is 1.28. The Kier molecular flexibility index (Phi) is 10.4. The molecule has 0 aromatic carbocycles. The van der Waals surface area contributed by atoms with Gasteiger partial charge in [-0.2, -0.15) is 0 Å². The van der Waals surface area contributed by atoms with Crippen LogP contribution in [0.25, 0.3) is 0 Å². The predicted molar refractivity (Wildman–Crippen MR) is 55.9 cm³/mol. The van der Waals surface area contributed by atoms with Crippen molar-refractivity contribution >= 4 is 33.0 Å². The quantitative estimate of drug-likeness (QED) is 0.360. The number of hydrogen-bond acceptors (Lipinski definition) is 2. The monoisotopic (exact) mass is 230 g/mol. The Hall–Kier alpha value is 0.717. The molecular weight excluding hydrogens is 215 g/mol. The second-order valence-corrected chi connectivity index (χ2v) is 5.17. The Morgan fingerprint density at radius 1 is 1.42 bits per heavy atom. The zero-order valence-electron chi connectivity index (χ0n) is 7.39. The highest BCUT2D eigenvalue weighted by atomic mass is 35.5. The summed E-state index contributed by atoms with van der Waals surface area (Å²) in [6, 6.07) is 1.14. The fourth-order valence-corrected chi connectivity index (χ4v) is 2.22. The van der Waals surface area contributed by atoms with E-state index >= 15 is 0 Å². The summed E-state index contributed by atoms with van der Waals surface area (Å²) >= 11 is 11.0. The summed E-state index contributed by atoms with van der Waals surface area (Å²) in [5, 5.41) is 0. The highest BCUT2D eigenvalue weighted by Crippen LogP contribution is 2.01. The molecule has 0 fully saturated rings. The molecule has 2 nitrogen and oxygen atoms in total. The molecule has 0 N–H and O–H groups in total. The molecule has 0 bridgehead atoms. The molecule has 0 unspecified atom stereocenters. The van der Waals surface area contributed by atoms with Crippen LogP contribution in [0.1, 0.15) is 13.3 Å². The summed E-state index contributed by atoms with van der Waals surface area (Å²) in [5.41, 5.74) is 0. The summed E-state index contributed by atoms with van der Waals surface area (Å²) in [7, 11) is -0.408. The number of alkyl halides is 2. The van der Waals surface area contributed by atoms with Gasteiger partial charge in [0.2, 0.25) is 0 Å². The van der Waals surface area contributed by atoms with Gasteiger partial charge in [-0.1, -0.05) is 0 Å². The first-order valence-electron chi connectivity index (χ1n) is 4.21. The number of hydrogen-bond donors (Lipinski definition) is 0. The van der Waals surface area contributed by atoms with E-state index in [1.165, 1.54) is 0 Å². The molecule has 12 heavy (non-hydrogen) atoms. The molecule has 0 aliphatic rings. The van der Waals surface area contributed by atoms with Gasteiger partial charge in [0.1, 0.15) is 4.84 Å². The van der Waals surface area contributed by atoms with E-state index in [0.717, 1.165) is 25.7 Å². The first-order valence-corrected chi connectivity index (χ1v) is 6.66. The van der Waals surface area contributed by atoms with E-state index in [0.29, 0.717) is 6.61 Å². The van der Waals surface area contributed by atoms with Crippen molar-refractivity contribution in [3.8, 4) is 0 Å². The number of halogens is 2. The molecule has 0 heterocycles. The SMILES string of the molecule is CCOCCC[SiH2]OCC(Cl)Cl. The minimum Gasteiger partial charge on any atom is -0.421 e. The maximum atomic E-state index is 5.48. The Bertz CT molecular complexity index is 93.5. The van der Waals surface area contributed by atoms with Crippen molar-refractivity contribution in [2.45, 2.75) is 24.2 Å². The van der Waals surface area contributed by atoms with Gasteiger partial charge in [-0.25, -0.2) is 0 Å². The lowest BCUT2D eigenvalue weighted by molar-refractivity contribution is 0.147. The van der Waals surface area contributed by atoms with Crippen molar-refractivity contribution in [2.24, 2.45) is 0 Å². The molecule has 0 aromatic heterocycles. The topological polar surface area (TPSA) is 18.5 Å². The maximum absolute atomic E-state index is 5.48. The van der Waals surface area contributed by atoms with Crippen LogP contribution in [0, 0.1) is 0 Å². The third kappa shape index (κ3) is 10.7. The summed E-state index contributed by atoms with van der Waals surface area (Å²) in [6.45, 7) is 4.12. The van der Waals surface area contributed by atoms with E-state index in [-0.39, 0.29) is 4.84 Å². The van der Waals surface area contributed by atoms with Gasteiger partial charge in [-0.3, -0.25) is 0 Å². The van der Waals surface area contributed by atoms with Crippen molar-refractivity contribution in [1.82, 2.24) is 0 Å². The smallest absolute Gasteiger partial charge is 0.161 e. The Morgan fingerprint density at radius 3 is 2.75 bits per heavy atom. The molecule has 0 rings (SSSR count). The molecule has 0 amide bonds. The minimum atomic E-state index is -0.408. The normalized spacial score (nSPS) is 12.0. The van der Waals surface area contributed by atoms with Gasteiger partial charge in [0, 0.05) is 13.2 Å². The lowest BCUT2D eigenvalue weighted by atomic mass is 10.5. The Morgan fingerprint density at radius 2 is 2.17 bits per heavy atom. The molecule has 0 saturated carbocycles. The van der Waals surface area contributed by atoms with Crippen molar-refractivity contribution in [2.75, 3.05) is 19.8 Å². The number of rotatable bonds is 8. The van der Waals surface area contributed by atoms with E-state index < -0.39 is 9.76 Å². The molecule has 0 saturated heterocycles. The van der Waals surface area contributed by atoms with Gasteiger partial charge in [0.25, 0.3) is 0 Å². The van der Waals surface area contributed by atoms with Gasteiger partial charge in [-0.15, -0.1) is 23.2 Å². The first kappa shape index (κ1) is 12.7. The maximum Gasteiger partial charge on any atom is 0.161 e. The zero-order chi connectivity index (χ0) is 9.23. The van der Waals surface area contributed by atoms with E-state index in [2.05, 4.69) is 0 Å². The van der Waals surface area contributed by atoms with E-state index in [1.54, 1.807) is 0 Å². The molecule has 0 atom stereocenters. The van der Waals surface area contributed by atoms with Crippen LogP contribution in [0.5, 0.6) is 0 Å². The lowest BCUT2D eigenvalue weighted by Gasteiger charge is -2.03. The van der Waals surface area contributed by atoms with Crippen molar-refractivity contribution in [3.63, 3.8) is 0 Å². The summed E-state index contributed by atoms with van der Waals surface area (Å²) in [6.07, 6.45) is 1.09. The molecule has 0 spiro atoms. The standard InChI is InChI=1S/C7H16Cl2O2Si/c1-2-10-4-3-5-12-11-6-7(8)9/h7H,2-6,12H2,1H3. The van der Waals surface area contributed by atoms with Crippen LogP contribution in [-0.2, 0) is 9.16 Å². The predicted octanol–water partition coefficient (Wildman–Crippen LogP) is 1.74. The van der Waals surface area contributed by atoms with E-state index in [1.807, 2.05) is 6.92 Å². The van der Waals surface area contributed by atoms with Gasteiger partial charge in [0.05, 0.1) is 6.61 Å². The third-order valence-corrected chi connectivity index (χ3v) is 2.84. The summed E-state index contributed by atoms with van der Waals surface area (Å²) < 4.78 is 10.5. The highest BCUT2D eigenvalue weighted by Gasteiger charge is 1.97. The van der Waals surface area contributed by atoms with Crippen LogP contribution in [0.2, 0.25) is 6.04 Å². The van der Waals surface area contributed by atoms with Gasteiger partial charge < -0.3 is 9.16 Å². The second-order valence-electron chi connectivity index (χ2n) is 2.37. The molecule has 0 radical (unpaired) electrons. The summed E-state index contributed by atoms with van der Waals surface area (Å²) in [4.78, 5) is -0.371. The zero-order valence-corrected chi connectivity index (χ0v) is 10.3. The van der Waals surface area contributed by atoms with Crippen molar-refractivity contribution in [1.29, 1.82) is 0 Å². The number of ether oxygens (including phenoxy) is 1. The molecule has 0 aromatic rings. The van der Waals surface area contributed by atoms with Crippen LogP contribution in [0.15, 0.2) is 0 Å². The molecule has 74 valence electrons. The molecule has 0 aliphatic carbocycles.